The standard InChI is InChI=1S/C22H25ClN2O6S/c23-19-8-6-18(7-9-19)22(27)24-10-2-5-21(26)31-16-17-3-1-4-20(15-17)32(28,29)25-11-13-30-14-12-25/h1,3-4,6-9,15H,2,5,10-14,16H2,(H,24,27). The maximum Gasteiger partial charge on any atom is 0.306 e. The van der Waals surface area contributed by atoms with Crippen LogP contribution < -0.4 is 5.32 Å². The molecule has 1 aliphatic rings. The number of morpholine rings is 1. The van der Waals surface area contributed by atoms with Crippen molar-refractivity contribution < 1.29 is 27.5 Å². The van der Waals surface area contributed by atoms with Crippen molar-refractivity contribution in [2.75, 3.05) is 32.8 Å². The van der Waals surface area contributed by atoms with Crippen molar-refractivity contribution >= 4 is 33.5 Å². The molecule has 0 spiro atoms. The van der Waals surface area contributed by atoms with E-state index in [1.54, 1.807) is 36.4 Å². The molecule has 1 amide bonds. The molecule has 1 aliphatic heterocycles. The average molecular weight is 481 g/mol. The summed E-state index contributed by atoms with van der Waals surface area (Å²) in [5, 5.41) is 3.28. The predicted octanol–water partition coefficient (Wildman–Crippen LogP) is 2.61. The first-order valence-electron chi connectivity index (χ1n) is 10.2. The summed E-state index contributed by atoms with van der Waals surface area (Å²) in [6, 6.07) is 12.9. The van der Waals surface area contributed by atoms with Crippen LogP contribution in [0.4, 0.5) is 0 Å². The third-order valence-corrected chi connectivity index (χ3v) is 7.00. The van der Waals surface area contributed by atoms with Crippen LogP contribution in [0.25, 0.3) is 0 Å². The molecule has 172 valence electrons. The summed E-state index contributed by atoms with van der Waals surface area (Å²) < 4.78 is 37.3. The number of esters is 1. The molecule has 1 N–H and O–H groups in total. The topological polar surface area (TPSA) is 102 Å². The second kappa shape index (κ2) is 11.4. The Labute approximate surface area is 192 Å². The number of carbonyl (C=O) groups is 2. The quantitative estimate of drug-likeness (QED) is 0.437. The lowest BCUT2D eigenvalue weighted by molar-refractivity contribution is -0.145. The second-order valence-corrected chi connectivity index (χ2v) is 9.57. The van der Waals surface area contributed by atoms with Crippen molar-refractivity contribution in [3.05, 3.63) is 64.7 Å². The molecule has 2 aromatic carbocycles. The first-order valence-corrected chi connectivity index (χ1v) is 12.0. The molecule has 0 aliphatic carbocycles. The fraction of sp³-hybridized carbons (Fsp3) is 0.364. The number of nitrogens with zero attached hydrogens (tertiary/aromatic N) is 1. The van der Waals surface area contributed by atoms with Gasteiger partial charge in [0.15, 0.2) is 0 Å². The lowest BCUT2D eigenvalue weighted by Gasteiger charge is -2.26. The normalized spacial score (nSPS) is 14.7. The molecule has 1 fully saturated rings. The number of carbonyl (C=O) groups excluding carboxylic acids is 2. The summed E-state index contributed by atoms with van der Waals surface area (Å²) in [5.74, 6) is -0.666. The number of rotatable bonds is 9. The van der Waals surface area contributed by atoms with E-state index < -0.39 is 16.0 Å². The SMILES string of the molecule is O=C(CCCNC(=O)c1ccc(Cl)cc1)OCc1cccc(S(=O)(=O)N2CCOCC2)c1. The molecule has 0 bridgehead atoms. The maximum absolute atomic E-state index is 12.7. The Morgan fingerprint density at radius 1 is 1.09 bits per heavy atom. The number of halogens is 1. The number of hydrogen-bond acceptors (Lipinski definition) is 6. The van der Waals surface area contributed by atoms with Gasteiger partial charge in [-0.1, -0.05) is 23.7 Å². The predicted molar refractivity (Wildman–Crippen MR) is 119 cm³/mol. The third-order valence-electron chi connectivity index (χ3n) is 4.86. The summed E-state index contributed by atoms with van der Waals surface area (Å²) in [5.41, 5.74) is 1.08. The van der Waals surface area contributed by atoms with Crippen LogP contribution in [0.3, 0.4) is 0 Å². The molecule has 8 nitrogen and oxygen atoms in total. The van der Waals surface area contributed by atoms with Gasteiger partial charge in [0.25, 0.3) is 5.91 Å². The van der Waals surface area contributed by atoms with Crippen molar-refractivity contribution in [2.45, 2.75) is 24.3 Å². The highest BCUT2D eigenvalue weighted by molar-refractivity contribution is 7.89. The zero-order valence-corrected chi connectivity index (χ0v) is 19.0. The van der Waals surface area contributed by atoms with E-state index in [0.29, 0.717) is 55.4 Å². The highest BCUT2D eigenvalue weighted by Crippen LogP contribution is 2.19. The van der Waals surface area contributed by atoms with E-state index in [9.17, 15) is 18.0 Å². The van der Waals surface area contributed by atoms with E-state index in [1.165, 1.54) is 16.4 Å². The van der Waals surface area contributed by atoms with E-state index in [4.69, 9.17) is 21.1 Å². The van der Waals surface area contributed by atoms with E-state index >= 15 is 0 Å². The lowest BCUT2D eigenvalue weighted by atomic mass is 10.2. The molecule has 3 rings (SSSR count). The fourth-order valence-corrected chi connectivity index (χ4v) is 4.71. The Morgan fingerprint density at radius 3 is 2.53 bits per heavy atom. The van der Waals surface area contributed by atoms with Crippen LogP contribution in [0.1, 0.15) is 28.8 Å². The van der Waals surface area contributed by atoms with Crippen LogP contribution in [0, 0.1) is 0 Å². The van der Waals surface area contributed by atoms with Crippen molar-refractivity contribution in [1.29, 1.82) is 0 Å². The first kappa shape index (κ1) is 24.2. The van der Waals surface area contributed by atoms with Gasteiger partial charge in [-0.25, -0.2) is 8.42 Å². The first-order chi connectivity index (χ1) is 15.4. The molecule has 10 heteroatoms. The molecule has 0 saturated carbocycles. The van der Waals surface area contributed by atoms with E-state index in [-0.39, 0.29) is 23.8 Å². The van der Waals surface area contributed by atoms with Crippen molar-refractivity contribution in [3.8, 4) is 0 Å². The van der Waals surface area contributed by atoms with Crippen molar-refractivity contribution in [3.63, 3.8) is 0 Å². The van der Waals surface area contributed by atoms with Gasteiger partial charge in [-0.3, -0.25) is 9.59 Å². The summed E-state index contributed by atoms with van der Waals surface area (Å²) in [6.45, 7) is 1.67. The zero-order valence-electron chi connectivity index (χ0n) is 17.5. The van der Waals surface area contributed by atoms with Crippen molar-refractivity contribution in [2.24, 2.45) is 0 Å². The summed E-state index contributed by atoms with van der Waals surface area (Å²) in [4.78, 5) is 24.2. The van der Waals surface area contributed by atoms with Crippen LogP contribution in [0.5, 0.6) is 0 Å². The molecule has 2 aromatic rings. The monoisotopic (exact) mass is 480 g/mol. The van der Waals surface area contributed by atoms with Gasteiger partial charge in [-0.2, -0.15) is 4.31 Å². The minimum absolute atomic E-state index is 0.0254. The van der Waals surface area contributed by atoms with Crippen LogP contribution in [-0.4, -0.2) is 57.4 Å². The number of ether oxygens (including phenoxy) is 2. The molecule has 1 heterocycles. The highest BCUT2D eigenvalue weighted by Gasteiger charge is 2.26. The average Bonchev–Trinajstić information content (AvgIpc) is 2.81. The fourth-order valence-electron chi connectivity index (χ4n) is 3.11. The van der Waals surface area contributed by atoms with E-state index in [2.05, 4.69) is 5.32 Å². The Kier molecular flexibility index (Phi) is 8.63. The van der Waals surface area contributed by atoms with Gasteiger partial charge in [0, 0.05) is 36.6 Å². The number of benzene rings is 2. The van der Waals surface area contributed by atoms with Gasteiger partial charge >= 0.3 is 5.97 Å². The number of sulfonamides is 1. The van der Waals surface area contributed by atoms with Gasteiger partial charge < -0.3 is 14.8 Å². The Balaban J connectivity index is 1.42. The minimum Gasteiger partial charge on any atom is -0.461 e. The summed E-state index contributed by atoms with van der Waals surface area (Å²) >= 11 is 5.80. The largest absolute Gasteiger partial charge is 0.461 e. The van der Waals surface area contributed by atoms with Gasteiger partial charge in [-0.15, -0.1) is 0 Å². The summed E-state index contributed by atoms with van der Waals surface area (Å²) in [6.07, 6.45) is 0.552. The van der Waals surface area contributed by atoms with E-state index in [1.807, 2.05) is 0 Å². The van der Waals surface area contributed by atoms with Gasteiger partial charge in [-0.05, 0) is 48.4 Å². The summed E-state index contributed by atoms with van der Waals surface area (Å²) in [7, 11) is -3.61. The van der Waals surface area contributed by atoms with Gasteiger partial charge in [0.05, 0.1) is 18.1 Å². The highest BCUT2D eigenvalue weighted by atomic mass is 35.5. The molecule has 0 aromatic heterocycles. The Morgan fingerprint density at radius 2 is 1.81 bits per heavy atom. The number of amides is 1. The number of hydrogen-bond donors (Lipinski definition) is 1. The van der Waals surface area contributed by atoms with Gasteiger partial charge in [0.1, 0.15) is 6.61 Å². The van der Waals surface area contributed by atoms with E-state index in [0.717, 1.165) is 0 Å². The van der Waals surface area contributed by atoms with Crippen LogP contribution in [0.2, 0.25) is 5.02 Å². The molecule has 0 unspecified atom stereocenters. The molecular weight excluding hydrogens is 456 g/mol. The molecule has 0 radical (unpaired) electrons. The van der Waals surface area contributed by atoms with Crippen LogP contribution >= 0.6 is 11.6 Å². The Bertz CT molecular complexity index is 1040. The van der Waals surface area contributed by atoms with Gasteiger partial charge in [0.2, 0.25) is 10.0 Å². The molecular formula is C22H25ClN2O6S. The lowest BCUT2D eigenvalue weighted by Crippen LogP contribution is -2.40. The smallest absolute Gasteiger partial charge is 0.306 e. The minimum atomic E-state index is -3.61. The second-order valence-electron chi connectivity index (χ2n) is 7.19. The number of nitrogens with one attached hydrogen (secondary N) is 1. The Hall–Kier alpha value is -2.46. The molecule has 0 atom stereocenters. The van der Waals surface area contributed by atoms with Crippen LogP contribution in [0.15, 0.2) is 53.4 Å². The van der Waals surface area contributed by atoms with Crippen molar-refractivity contribution in [1.82, 2.24) is 9.62 Å². The maximum atomic E-state index is 12.7. The molecule has 1 saturated heterocycles. The zero-order chi connectivity index (χ0) is 23.0. The third kappa shape index (κ3) is 6.77. The molecule has 32 heavy (non-hydrogen) atoms. The van der Waals surface area contributed by atoms with Crippen LogP contribution in [-0.2, 0) is 30.9 Å².